The van der Waals surface area contributed by atoms with Crippen molar-refractivity contribution >= 4 is 25.7 Å². The number of benzene rings is 2. The molecule has 1 saturated carbocycles. The van der Waals surface area contributed by atoms with Crippen LogP contribution in [0.4, 0.5) is 5.69 Å². The number of nitrogens with one attached hydrogen (secondary N) is 1. The Morgan fingerprint density at radius 1 is 0.871 bits per heavy atom. The predicted octanol–water partition coefficient (Wildman–Crippen LogP) is 4.39. The molecule has 1 N–H and O–H groups in total. The molecule has 1 saturated heterocycles. The molecule has 0 radical (unpaired) electrons. The van der Waals surface area contributed by atoms with Crippen molar-refractivity contribution in [3.05, 3.63) is 54.1 Å². The summed E-state index contributed by atoms with van der Waals surface area (Å²) >= 11 is 0. The minimum atomic E-state index is -3.74. The number of rotatable bonds is 5. The fourth-order valence-corrected chi connectivity index (χ4v) is 8.28. The smallest absolute Gasteiger partial charge is 0.261 e. The number of aryl methyl sites for hydroxylation is 1. The van der Waals surface area contributed by atoms with E-state index in [0.717, 1.165) is 24.8 Å². The van der Waals surface area contributed by atoms with Crippen molar-refractivity contribution in [2.45, 2.75) is 62.8 Å². The molecule has 0 amide bonds. The molecular formula is C23H30N2O4S2. The first-order valence-corrected chi connectivity index (χ1v) is 13.4. The molecule has 168 valence electrons. The van der Waals surface area contributed by atoms with Crippen molar-refractivity contribution < 1.29 is 16.8 Å². The summed E-state index contributed by atoms with van der Waals surface area (Å²) in [5, 5.41) is 0. The van der Waals surface area contributed by atoms with Gasteiger partial charge >= 0.3 is 0 Å². The number of hydrogen-bond donors (Lipinski definition) is 1. The van der Waals surface area contributed by atoms with Crippen molar-refractivity contribution in [3.63, 3.8) is 0 Å². The molecule has 2 fully saturated rings. The van der Waals surface area contributed by atoms with Crippen LogP contribution < -0.4 is 4.72 Å². The van der Waals surface area contributed by atoms with Crippen molar-refractivity contribution in [2.24, 2.45) is 10.8 Å². The lowest BCUT2D eigenvalue weighted by atomic mass is 9.65. The van der Waals surface area contributed by atoms with Gasteiger partial charge in [-0.1, -0.05) is 38.5 Å². The molecule has 1 aliphatic heterocycles. The number of nitrogens with zero attached hydrogens (tertiary/aromatic N) is 1. The summed E-state index contributed by atoms with van der Waals surface area (Å²) in [4.78, 5) is 0.356. The molecule has 2 aromatic carbocycles. The molecule has 2 atom stereocenters. The molecule has 2 unspecified atom stereocenters. The van der Waals surface area contributed by atoms with Gasteiger partial charge in [-0.05, 0) is 73.4 Å². The van der Waals surface area contributed by atoms with E-state index in [1.807, 2.05) is 6.92 Å². The lowest BCUT2D eigenvalue weighted by molar-refractivity contribution is 0.133. The van der Waals surface area contributed by atoms with E-state index >= 15 is 0 Å². The second-order valence-corrected chi connectivity index (χ2v) is 13.8. The molecule has 0 spiro atoms. The highest BCUT2D eigenvalue weighted by Gasteiger charge is 2.53. The van der Waals surface area contributed by atoms with E-state index in [2.05, 4.69) is 25.5 Å². The Kier molecular flexibility index (Phi) is 5.26. The van der Waals surface area contributed by atoms with Crippen molar-refractivity contribution in [2.75, 3.05) is 11.3 Å². The third kappa shape index (κ3) is 4.38. The maximum absolute atomic E-state index is 13.4. The quantitative estimate of drug-likeness (QED) is 0.714. The van der Waals surface area contributed by atoms with Crippen LogP contribution in [0.5, 0.6) is 0 Å². The van der Waals surface area contributed by atoms with Crippen LogP contribution in [-0.4, -0.2) is 33.7 Å². The largest absolute Gasteiger partial charge is 0.280 e. The molecular weight excluding hydrogens is 432 g/mol. The van der Waals surface area contributed by atoms with Crippen LogP contribution >= 0.6 is 0 Å². The molecule has 1 heterocycles. The Bertz CT molecular complexity index is 1190. The SMILES string of the molecule is Cc1ccc(S(=O)(=O)Nc2ccc(S(=O)(=O)N3CC4(C)CC3CC(C)(C)C4)cc2)cc1. The van der Waals surface area contributed by atoms with E-state index in [-0.39, 0.29) is 26.7 Å². The Labute approximate surface area is 185 Å². The number of hydrogen-bond acceptors (Lipinski definition) is 4. The van der Waals surface area contributed by atoms with Crippen molar-refractivity contribution in [3.8, 4) is 0 Å². The fourth-order valence-electron chi connectivity index (χ4n) is 5.45. The van der Waals surface area contributed by atoms with E-state index in [0.29, 0.717) is 12.2 Å². The van der Waals surface area contributed by atoms with Gasteiger partial charge in [0.2, 0.25) is 10.0 Å². The lowest BCUT2D eigenvalue weighted by Gasteiger charge is -2.39. The zero-order valence-electron chi connectivity index (χ0n) is 18.4. The van der Waals surface area contributed by atoms with Crippen molar-refractivity contribution in [1.82, 2.24) is 4.31 Å². The highest BCUT2D eigenvalue weighted by Crippen LogP contribution is 2.53. The van der Waals surface area contributed by atoms with Gasteiger partial charge in [0.25, 0.3) is 10.0 Å². The average molecular weight is 463 g/mol. The minimum Gasteiger partial charge on any atom is -0.280 e. The second kappa shape index (κ2) is 7.32. The number of anilines is 1. The van der Waals surface area contributed by atoms with Crippen LogP contribution in [0.25, 0.3) is 0 Å². The highest BCUT2D eigenvalue weighted by atomic mass is 32.2. The normalized spacial score (nSPS) is 26.0. The first-order chi connectivity index (χ1) is 14.3. The minimum absolute atomic E-state index is 0.00307. The molecule has 2 aliphatic rings. The molecule has 4 rings (SSSR count). The monoisotopic (exact) mass is 462 g/mol. The molecule has 0 aromatic heterocycles. The van der Waals surface area contributed by atoms with Gasteiger partial charge in [-0.3, -0.25) is 4.72 Å². The Morgan fingerprint density at radius 2 is 1.45 bits per heavy atom. The lowest BCUT2D eigenvalue weighted by Crippen LogP contribution is -2.37. The Morgan fingerprint density at radius 3 is 2.06 bits per heavy atom. The number of sulfonamides is 2. The van der Waals surface area contributed by atoms with E-state index in [1.54, 1.807) is 28.6 Å². The molecule has 31 heavy (non-hydrogen) atoms. The van der Waals surface area contributed by atoms with Crippen LogP contribution in [0, 0.1) is 17.8 Å². The first-order valence-electron chi connectivity index (χ1n) is 10.5. The zero-order chi connectivity index (χ0) is 22.7. The van der Waals surface area contributed by atoms with Gasteiger partial charge in [-0.15, -0.1) is 0 Å². The van der Waals surface area contributed by atoms with Crippen LogP contribution in [0.3, 0.4) is 0 Å². The highest BCUT2D eigenvalue weighted by molar-refractivity contribution is 7.92. The second-order valence-electron chi connectivity index (χ2n) is 10.2. The molecule has 2 bridgehead atoms. The summed E-state index contributed by atoms with van der Waals surface area (Å²) in [7, 11) is -7.38. The summed E-state index contributed by atoms with van der Waals surface area (Å²) < 4.78 is 56.1. The number of fused-ring (bicyclic) bond motifs is 2. The molecule has 6 nitrogen and oxygen atoms in total. The van der Waals surface area contributed by atoms with E-state index in [1.165, 1.54) is 24.3 Å². The maximum Gasteiger partial charge on any atom is 0.261 e. The van der Waals surface area contributed by atoms with Crippen LogP contribution in [-0.2, 0) is 20.0 Å². The summed E-state index contributed by atoms with van der Waals surface area (Å²) in [5.74, 6) is 0. The Balaban J connectivity index is 1.55. The summed E-state index contributed by atoms with van der Waals surface area (Å²) in [6, 6.07) is 12.6. The zero-order valence-corrected chi connectivity index (χ0v) is 20.1. The fraction of sp³-hybridized carbons (Fsp3) is 0.478. The first kappa shape index (κ1) is 22.3. The van der Waals surface area contributed by atoms with Crippen LogP contribution in [0.1, 0.15) is 45.6 Å². The van der Waals surface area contributed by atoms with Crippen LogP contribution in [0.2, 0.25) is 0 Å². The third-order valence-electron chi connectivity index (χ3n) is 6.41. The van der Waals surface area contributed by atoms with Gasteiger partial charge in [0, 0.05) is 18.3 Å². The van der Waals surface area contributed by atoms with Crippen molar-refractivity contribution in [1.29, 1.82) is 0 Å². The van der Waals surface area contributed by atoms with Crippen LogP contribution in [0.15, 0.2) is 58.3 Å². The van der Waals surface area contributed by atoms with Gasteiger partial charge in [-0.25, -0.2) is 16.8 Å². The topological polar surface area (TPSA) is 83.5 Å². The Hall–Kier alpha value is -1.90. The predicted molar refractivity (Wildman–Crippen MR) is 122 cm³/mol. The summed E-state index contributed by atoms with van der Waals surface area (Å²) in [6.07, 6.45) is 2.77. The van der Waals surface area contributed by atoms with E-state index in [4.69, 9.17) is 0 Å². The van der Waals surface area contributed by atoms with E-state index in [9.17, 15) is 16.8 Å². The summed E-state index contributed by atoms with van der Waals surface area (Å²) in [5.41, 5.74) is 1.42. The van der Waals surface area contributed by atoms with Gasteiger partial charge in [0.15, 0.2) is 0 Å². The average Bonchev–Trinajstić information content (AvgIpc) is 2.91. The molecule has 8 heteroatoms. The van der Waals surface area contributed by atoms with Gasteiger partial charge in [0.05, 0.1) is 9.79 Å². The van der Waals surface area contributed by atoms with Gasteiger partial charge in [-0.2, -0.15) is 4.31 Å². The van der Waals surface area contributed by atoms with Gasteiger partial charge < -0.3 is 0 Å². The van der Waals surface area contributed by atoms with E-state index < -0.39 is 20.0 Å². The van der Waals surface area contributed by atoms with Gasteiger partial charge in [0.1, 0.15) is 0 Å². The summed E-state index contributed by atoms with van der Waals surface area (Å²) in [6.45, 7) is 9.02. The maximum atomic E-state index is 13.4. The molecule has 1 aliphatic carbocycles. The third-order valence-corrected chi connectivity index (χ3v) is 9.72. The standard InChI is InChI=1S/C23H30N2O4S2/c1-17-5-9-20(10-6-17)30(26,27)24-18-7-11-21(12-8-18)31(28,29)25-16-23(4)14-19(25)13-22(2,3)15-23/h5-12,19,24H,13-16H2,1-4H3. The molecule has 2 aromatic rings.